The molecular weight excluding hydrogens is 429 g/mol. The normalized spacial score (nSPS) is 12.0. The molecule has 1 atom stereocenters. The zero-order chi connectivity index (χ0) is 18.9. The summed E-state index contributed by atoms with van der Waals surface area (Å²) in [6.07, 6.45) is 0.773. The molecule has 0 heterocycles. The molecule has 2 aromatic rings. The van der Waals surface area contributed by atoms with Crippen LogP contribution >= 0.6 is 58.3 Å². The highest BCUT2D eigenvalue weighted by molar-refractivity contribution is 8.00. The Morgan fingerprint density at radius 3 is 2.46 bits per heavy atom. The number of carbonyl (C=O) groups excluding carboxylic acids is 1. The SMILES string of the molecule is CCC(Sc1ccc(Cl)cc1)C(=O)NCCSCc1ccc(Cl)c(Cl)c1. The van der Waals surface area contributed by atoms with Gasteiger partial charge in [-0.2, -0.15) is 11.8 Å². The van der Waals surface area contributed by atoms with E-state index in [0.29, 0.717) is 21.6 Å². The van der Waals surface area contributed by atoms with Gasteiger partial charge in [0, 0.05) is 28.0 Å². The standard InChI is InChI=1S/C19H20Cl3NOS2/c1-2-18(26-15-6-4-14(20)5-7-15)19(24)23-9-10-25-12-13-3-8-16(21)17(22)11-13/h3-8,11,18H,2,9-10,12H2,1H3,(H,23,24). The van der Waals surface area contributed by atoms with Crippen LogP contribution in [0.25, 0.3) is 0 Å². The van der Waals surface area contributed by atoms with Crippen molar-refractivity contribution in [3.63, 3.8) is 0 Å². The number of nitrogens with one attached hydrogen (secondary N) is 1. The molecule has 1 amide bonds. The van der Waals surface area contributed by atoms with E-state index in [1.807, 2.05) is 43.3 Å². The first-order valence-electron chi connectivity index (χ1n) is 8.21. The van der Waals surface area contributed by atoms with Gasteiger partial charge in [0.05, 0.1) is 15.3 Å². The molecule has 0 aliphatic heterocycles. The van der Waals surface area contributed by atoms with Crippen molar-refractivity contribution < 1.29 is 4.79 Å². The molecule has 0 saturated carbocycles. The quantitative estimate of drug-likeness (QED) is 0.347. The molecular formula is C19H20Cl3NOS2. The summed E-state index contributed by atoms with van der Waals surface area (Å²) >= 11 is 21.1. The van der Waals surface area contributed by atoms with Crippen molar-refractivity contribution in [3.8, 4) is 0 Å². The molecule has 1 N–H and O–H groups in total. The lowest BCUT2D eigenvalue weighted by atomic mass is 10.2. The van der Waals surface area contributed by atoms with Crippen molar-refractivity contribution >= 4 is 64.2 Å². The Morgan fingerprint density at radius 2 is 1.81 bits per heavy atom. The predicted octanol–water partition coefficient (Wildman–Crippen LogP) is 6.57. The van der Waals surface area contributed by atoms with Crippen molar-refractivity contribution in [3.05, 3.63) is 63.1 Å². The maximum Gasteiger partial charge on any atom is 0.233 e. The minimum atomic E-state index is -0.101. The Labute approximate surface area is 178 Å². The molecule has 0 radical (unpaired) electrons. The highest BCUT2D eigenvalue weighted by Crippen LogP contribution is 2.27. The van der Waals surface area contributed by atoms with Crippen LogP contribution in [0.4, 0.5) is 0 Å². The van der Waals surface area contributed by atoms with Crippen LogP contribution in [0.2, 0.25) is 15.1 Å². The van der Waals surface area contributed by atoms with Gasteiger partial charge in [-0.3, -0.25) is 4.79 Å². The number of carbonyl (C=O) groups is 1. The Bertz CT molecular complexity index is 725. The van der Waals surface area contributed by atoms with Gasteiger partial charge in [0.1, 0.15) is 0 Å². The fraction of sp³-hybridized carbons (Fsp3) is 0.316. The van der Waals surface area contributed by atoms with E-state index in [9.17, 15) is 4.79 Å². The molecule has 26 heavy (non-hydrogen) atoms. The van der Waals surface area contributed by atoms with Gasteiger partial charge in [0.25, 0.3) is 0 Å². The van der Waals surface area contributed by atoms with Crippen molar-refractivity contribution in [2.75, 3.05) is 12.3 Å². The van der Waals surface area contributed by atoms with Crippen LogP contribution in [0.1, 0.15) is 18.9 Å². The topological polar surface area (TPSA) is 29.1 Å². The van der Waals surface area contributed by atoms with Gasteiger partial charge in [0.2, 0.25) is 5.91 Å². The molecule has 0 bridgehead atoms. The molecule has 0 fully saturated rings. The van der Waals surface area contributed by atoms with Gasteiger partial charge in [-0.25, -0.2) is 0 Å². The second-order valence-corrected chi connectivity index (χ2v) is 9.19. The minimum absolute atomic E-state index is 0.0718. The zero-order valence-electron chi connectivity index (χ0n) is 14.3. The summed E-state index contributed by atoms with van der Waals surface area (Å²) in [6.45, 7) is 2.66. The maximum absolute atomic E-state index is 12.4. The van der Waals surface area contributed by atoms with E-state index in [4.69, 9.17) is 34.8 Å². The third-order valence-corrected chi connectivity index (χ3v) is 6.95. The third kappa shape index (κ3) is 7.24. The number of thioether (sulfide) groups is 2. The maximum atomic E-state index is 12.4. The lowest BCUT2D eigenvalue weighted by Gasteiger charge is -2.14. The van der Waals surface area contributed by atoms with E-state index in [1.54, 1.807) is 29.6 Å². The molecule has 0 aliphatic rings. The van der Waals surface area contributed by atoms with Crippen LogP contribution < -0.4 is 5.32 Å². The van der Waals surface area contributed by atoms with Crippen molar-refractivity contribution in [1.82, 2.24) is 5.32 Å². The van der Waals surface area contributed by atoms with Crippen molar-refractivity contribution in [1.29, 1.82) is 0 Å². The molecule has 0 spiro atoms. The van der Waals surface area contributed by atoms with Gasteiger partial charge < -0.3 is 5.32 Å². The van der Waals surface area contributed by atoms with E-state index in [1.165, 1.54) is 0 Å². The Balaban J connectivity index is 1.70. The fourth-order valence-electron chi connectivity index (χ4n) is 2.18. The summed E-state index contributed by atoms with van der Waals surface area (Å²) in [5, 5.41) is 4.76. The third-order valence-electron chi connectivity index (χ3n) is 3.55. The molecule has 7 heteroatoms. The largest absolute Gasteiger partial charge is 0.354 e. The number of rotatable bonds is 9. The van der Waals surface area contributed by atoms with Crippen LogP contribution in [-0.4, -0.2) is 23.5 Å². The van der Waals surface area contributed by atoms with Crippen molar-refractivity contribution in [2.45, 2.75) is 29.2 Å². The van der Waals surface area contributed by atoms with E-state index in [2.05, 4.69) is 5.32 Å². The Hall–Kier alpha value is -0.520. The number of hydrogen-bond acceptors (Lipinski definition) is 3. The minimum Gasteiger partial charge on any atom is -0.354 e. The van der Waals surface area contributed by atoms with Gasteiger partial charge in [-0.05, 0) is 48.4 Å². The molecule has 2 aromatic carbocycles. The van der Waals surface area contributed by atoms with Crippen molar-refractivity contribution in [2.24, 2.45) is 0 Å². The first-order valence-corrected chi connectivity index (χ1v) is 11.4. The smallest absolute Gasteiger partial charge is 0.233 e. The first-order chi connectivity index (χ1) is 12.5. The average Bonchev–Trinajstić information content (AvgIpc) is 2.63. The summed E-state index contributed by atoms with van der Waals surface area (Å²) in [5.41, 5.74) is 1.13. The van der Waals surface area contributed by atoms with E-state index < -0.39 is 0 Å². The number of benzene rings is 2. The Morgan fingerprint density at radius 1 is 1.08 bits per heavy atom. The summed E-state index contributed by atoms with van der Waals surface area (Å²) in [4.78, 5) is 13.4. The molecule has 2 rings (SSSR count). The van der Waals surface area contributed by atoms with Gasteiger partial charge >= 0.3 is 0 Å². The fourth-order valence-corrected chi connectivity index (χ4v) is 4.41. The summed E-state index contributed by atoms with van der Waals surface area (Å²) in [5.74, 6) is 1.75. The second kappa shape index (κ2) is 11.4. The molecule has 0 saturated heterocycles. The Kier molecular flexibility index (Phi) is 9.51. The second-order valence-electron chi connectivity index (χ2n) is 5.56. The predicted molar refractivity (Wildman–Crippen MR) is 117 cm³/mol. The van der Waals surface area contributed by atoms with Crippen LogP contribution in [0.5, 0.6) is 0 Å². The number of amides is 1. The van der Waals surface area contributed by atoms with E-state index in [0.717, 1.165) is 28.4 Å². The monoisotopic (exact) mass is 447 g/mol. The summed E-state index contributed by atoms with van der Waals surface area (Å²) in [6, 6.07) is 13.2. The molecule has 1 unspecified atom stereocenters. The van der Waals surface area contributed by atoms with E-state index in [-0.39, 0.29) is 11.2 Å². The molecule has 0 aromatic heterocycles. The molecule has 0 aliphatic carbocycles. The van der Waals surface area contributed by atoms with Crippen LogP contribution in [0.3, 0.4) is 0 Å². The summed E-state index contributed by atoms with van der Waals surface area (Å²) in [7, 11) is 0. The van der Waals surface area contributed by atoms with E-state index >= 15 is 0 Å². The van der Waals surface area contributed by atoms with Gasteiger partial charge in [-0.15, -0.1) is 11.8 Å². The zero-order valence-corrected chi connectivity index (χ0v) is 18.2. The lowest BCUT2D eigenvalue weighted by molar-refractivity contribution is -0.120. The summed E-state index contributed by atoms with van der Waals surface area (Å²) < 4.78 is 0. The molecule has 140 valence electrons. The molecule has 2 nitrogen and oxygen atoms in total. The van der Waals surface area contributed by atoms with Crippen LogP contribution in [0.15, 0.2) is 47.4 Å². The lowest BCUT2D eigenvalue weighted by Crippen LogP contribution is -2.33. The average molecular weight is 449 g/mol. The van der Waals surface area contributed by atoms with Gasteiger partial charge in [-0.1, -0.05) is 47.8 Å². The highest BCUT2D eigenvalue weighted by Gasteiger charge is 2.17. The van der Waals surface area contributed by atoms with Gasteiger partial charge in [0.15, 0.2) is 0 Å². The van der Waals surface area contributed by atoms with Crippen LogP contribution in [-0.2, 0) is 10.5 Å². The first kappa shape index (κ1) is 21.8. The number of hydrogen-bond donors (Lipinski definition) is 1. The van der Waals surface area contributed by atoms with Crippen LogP contribution in [0, 0.1) is 0 Å². The number of halogens is 3. The highest BCUT2D eigenvalue weighted by atomic mass is 35.5.